The molecule has 35 heavy (non-hydrogen) atoms. The number of aromatic amines is 1. The number of carbonyl (C=O) groups excluding carboxylic acids is 2. The second kappa shape index (κ2) is 10.1. The highest BCUT2D eigenvalue weighted by Gasteiger charge is 2.27. The van der Waals surface area contributed by atoms with E-state index in [4.69, 9.17) is 15.6 Å². The third-order valence-corrected chi connectivity index (χ3v) is 6.26. The van der Waals surface area contributed by atoms with Crippen LogP contribution in [0, 0.1) is 5.92 Å². The second-order valence-corrected chi connectivity index (χ2v) is 8.89. The third kappa shape index (κ3) is 5.24. The molecular formula is C24H29N7O4. The van der Waals surface area contributed by atoms with Crippen LogP contribution >= 0.6 is 0 Å². The standard InChI is InChI=1S/C22H25N7O2.C2H4O2/c1-29-11-13(9-25-29)20-16-10-24-28-21(30)15-7-14(8-17(27-20)18(15)16)26-22(31)19(23)12-5-3-2-4-6-12;1-2(3)4/h7-12,19,27H,2-6,23H2,1H3,(H,26,31)(H,28,30);1H3,(H,3,4). The fraction of sp³-hybridized carbons (Fsp3) is 0.375. The molecule has 11 heteroatoms. The topological polar surface area (TPSA) is 167 Å². The summed E-state index contributed by atoms with van der Waals surface area (Å²) in [5.74, 6) is -1.18. The number of carbonyl (C=O) groups is 3. The lowest BCUT2D eigenvalue weighted by atomic mass is 9.84. The van der Waals surface area contributed by atoms with E-state index in [-0.39, 0.29) is 17.7 Å². The van der Waals surface area contributed by atoms with Crippen LogP contribution in [-0.4, -0.2) is 49.9 Å². The number of rotatable bonds is 4. The van der Waals surface area contributed by atoms with Crippen LogP contribution in [0.5, 0.6) is 0 Å². The first kappa shape index (κ1) is 24.1. The molecule has 3 heterocycles. The number of carboxylic acids is 1. The zero-order valence-corrected chi connectivity index (χ0v) is 19.7. The maximum Gasteiger partial charge on any atom is 0.300 e. The molecule has 0 radical (unpaired) electrons. The van der Waals surface area contributed by atoms with Crippen LogP contribution < -0.4 is 16.5 Å². The number of hydrazone groups is 1. The Labute approximate surface area is 201 Å². The van der Waals surface area contributed by atoms with Crippen molar-refractivity contribution >= 4 is 40.6 Å². The molecule has 184 valence electrons. The van der Waals surface area contributed by atoms with Gasteiger partial charge in [0.15, 0.2) is 0 Å². The Morgan fingerprint density at radius 2 is 1.97 bits per heavy atom. The van der Waals surface area contributed by atoms with Gasteiger partial charge in [-0.1, -0.05) is 19.3 Å². The highest BCUT2D eigenvalue weighted by molar-refractivity contribution is 6.18. The highest BCUT2D eigenvalue weighted by Crippen LogP contribution is 2.34. The molecule has 0 spiro atoms. The minimum Gasteiger partial charge on any atom is -0.481 e. The van der Waals surface area contributed by atoms with Gasteiger partial charge in [0.25, 0.3) is 11.9 Å². The van der Waals surface area contributed by atoms with Crippen molar-refractivity contribution in [3.63, 3.8) is 0 Å². The largest absolute Gasteiger partial charge is 0.481 e. The van der Waals surface area contributed by atoms with Crippen LogP contribution in [0.25, 0.3) is 22.2 Å². The molecule has 2 amide bonds. The van der Waals surface area contributed by atoms with E-state index >= 15 is 0 Å². The van der Waals surface area contributed by atoms with E-state index in [2.05, 4.69) is 25.9 Å². The summed E-state index contributed by atoms with van der Waals surface area (Å²) in [6, 6.07) is 2.96. The fourth-order valence-electron chi connectivity index (χ4n) is 4.66. The van der Waals surface area contributed by atoms with E-state index in [9.17, 15) is 9.59 Å². The van der Waals surface area contributed by atoms with Crippen LogP contribution in [0.4, 0.5) is 5.69 Å². The van der Waals surface area contributed by atoms with Crippen molar-refractivity contribution in [2.75, 3.05) is 5.32 Å². The first-order valence-electron chi connectivity index (χ1n) is 11.5. The van der Waals surface area contributed by atoms with Crippen LogP contribution in [0.3, 0.4) is 0 Å². The molecule has 0 saturated heterocycles. The average molecular weight is 480 g/mol. The maximum absolute atomic E-state index is 12.8. The van der Waals surface area contributed by atoms with Gasteiger partial charge in [-0.25, -0.2) is 5.43 Å². The molecule has 1 aliphatic carbocycles. The van der Waals surface area contributed by atoms with Gasteiger partial charge in [0.1, 0.15) is 0 Å². The Morgan fingerprint density at radius 3 is 2.63 bits per heavy atom. The summed E-state index contributed by atoms with van der Waals surface area (Å²) in [4.78, 5) is 37.9. The number of hydrogen-bond donors (Lipinski definition) is 5. The number of nitrogens with one attached hydrogen (secondary N) is 3. The quantitative estimate of drug-likeness (QED) is 0.385. The number of anilines is 1. The summed E-state index contributed by atoms with van der Waals surface area (Å²) in [5, 5.41) is 19.4. The van der Waals surface area contributed by atoms with E-state index in [1.807, 2.05) is 19.3 Å². The molecule has 1 aromatic carbocycles. The molecular weight excluding hydrogens is 450 g/mol. The normalized spacial score (nSPS) is 16.1. The number of nitrogens with zero attached hydrogens (tertiary/aromatic N) is 3. The van der Waals surface area contributed by atoms with Gasteiger partial charge in [-0.3, -0.25) is 19.1 Å². The molecule has 3 aromatic rings. The number of nitrogens with two attached hydrogens (primary N) is 1. The molecule has 6 N–H and O–H groups in total. The number of carboxylic acid groups (broad SMARTS) is 1. The molecule has 5 rings (SSSR count). The molecule has 1 fully saturated rings. The fourth-order valence-corrected chi connectivity index (χ4v) is 4.66. The smallest absolute Gasteiger partial charge is 0.300 e. The number of aromatic nitrogens is 3. The lowest BCUT2D eigenvalue weighted by Crippen LogP contribution is -2.42. The first-order chi connectivity index (χ1) is 16.7. The van der Waals surface area contributed by atoms with Gasteiger partial charge in [-0.05, 0) is 30.9 Å². The van der Waals surface area contributed by atoms with Gasteiger partial charge in [-0.15, -0.1) is 0 Å². The van der Waals surface area contributed by atoms with Gasteiger partial charge in [0.2, 0.25) is 5.91 Å². The number of aryl methyl sites for hydroxylation is 1. The first-order valence-corrected chi connectivity index (χ1v) is 11.5. The van der Waals surface area contributed by atoms with Crippen molar-refractivity contribution < 1.29 is 19.5 Å². The molecule has 2 aliphatic rings. The van der Waals surface area contributed by atoms with E-state index in [0.29, 0.717) is 11.3 Å². The average Bonchev–Trinajstić information content (AvgIpc) is 3.36. The Balaban J connectivity index is 0.000000672. The highest BCUT2D eigenvalue weighted by atomic mass is 16.4. The summed E-state index contributed by atoms with van der Waals surface area (Å²) in [6.07, 6.45) is 10.7. The van der Waals surface area contributed by atoms with Crippen LogP contribution in [0.15, 0.2) is 29.6 Å². The van der Waals surface area contributed by atoms with E-state index in [0.717, 1.165) is 60.3 Å². The predicted molar refractivity (Wildman–Crippen MR) is 132 cm³/mol. The van der Waals surface area contributed by atoms with Crippen molar-refractivity contribution in [1.82, 2.24) is 20.2 Å². The molecule has 1 unspecified atom stereocenters. The minimum atomic E-state index is -0.833. The zero-order valence-electron chi connectivity index (χ0n) is 19.7. The Morgan fingerprint density at radius 1 is 1.26 bits per heavy atom. The SMILES string of the molecule is CC(=O)O.Cn1cc(-c2[nH]c3cc(NC(=O)C(N)C4CCCCC4)cc4c3c2C=NNC4=O)cn1. The van der Waals surface area contributed by atoms with Crippen molar-refractivity contribution in [1.29, 1.82) is 0 Å². The molecule has 2 aromatic heterocycles. The van der Waals surface area contributed by atoms with Crippen molar-refractivity contribution in [3.05, 3.63) is 35.7 Å². The monoisotopic (exact) mass is 479 g/mol. The Bertz CT molecular complexity index is 1300. The van der Waals surface area contributed by atoms with Gasteiger partial charge >= 0.3 is 0 Å². The summed E-state index contributed by atoms with van der Waals surface area (Å²) < 4.78 is 1.71. The summed E-state index contributed by atoms with van der Waals surface area (Å²) in [7, 11) is 1.84. The zero-order chi connectivity index (χ0) is 25.1. The lowest BCUT2D eigenvalue weighted by Gasteiger charge is -2.26. The number of benzene rings is 1. The molecule has 1 aliphatic heterocycles. The summed E-state index contributed by atoms with van der Waals surface area (Å²) >= 11 is 0. The second-order valence-electron chi connectivity index (χ2n) is 8.89. The molecule has 1 saturated carbocycles. The van der Waals surface area contributed by atoms with Crippen molar-refractivity contribution in [2.24, 2.45) is 23.8 Å². The van der Waals surface area contributed by atoms with Crippen LogP contribution in [0.2, 0.25) is 0 Å². The number of aliphatic carboxylic acids is 1. The third-order valence-electron chi connectivity index (χ3n) is 6.26. The van der Waals surface area contributed by atoms with Gasteiger partial charge in [0.05, 0.1) is 29.7 Å². The van der Waals surface area contributed by atoms with E-state index in [1.165, 1.54) is 6.42 Å². The Hall–Kier alpha value is -3.99. The minimum absolute atomic E-state index is 0.199. The lowest BCUT2D eigenvalue weighted by molar-refractivity contribution is -0.134. The Kier molecular flexibility index (Phi) is 6.97. The number of amides is 2. The summed E-state index contributed by atoms with van der Waals surface area (Å²) in [6.45, 7) is 1.08. The van der Waals surface area contributed by atoms with Crippen LogP contribution in [-0.2, 0) is 16.6 Å². The summed E-state index contributed by atoms with van der Waals surface area (Å²) in [5.41, 5.74) is 13.0. The van der Waals surface area contributed by atoms with Crippen molar-refractivity contribution in [2.45, 2.75) is 45.1 Å². The van der Waals surface area contributed by atoms with E-state index in [1.54, 1.807) is 23.2 Å². The van der Waals surface area contributed by atoms with E-state index < -0.39 is 12.0 Å². The van der Waals surface area contributed by atoms with Gasteiger partial charge < -0.3 is 21.1 Å². The number of hydrogen-bond acceptors (Lipinski definition) is 6. The molecule has 11 nitrogen and oxygen atoms in total. The maximum atomic E-state index is 12.8. The van der Waals surface area contributed by atoms with Crippen LogP contribution in [0.1, 0.15) is 54.9 Å². The number of H-pyrrole nitrogens is 1. The molecule has 1 atom stereocenters. The molecule has 0 bridgehead atoms. The van der Waals surface area contributed by atoms with Gasteiger partial charge in [-0.2, -0.15) is 10.2 Å². The van der Waals surface area contributed by atoms with Crippen molar-refractivity contribution in [3.8, 4) is 11.3 Å². The predicted octanol–water partition coefficient (Wildman–Crippen LogP) is 2.58. The van der Waals surface area contributed by atoms with Gasteiger partial charge in [0, 0.05) is 47.9 Å².